The van der Waals surface area contributed by atoms with Crippen LogP contribution in [0, 0.1) is 5.82 Å². The zero-order chi connectivity index (χ0) is 22.1. The molecular weight excluding hydrogens is 471 g/mol. The predicted octanol–water partition coefficient (Wildman–Crippen LogP) is 6.24. The molecular formula is C25H16BrFN4O. The molecule has 5 aromatic rings. The highest BCUT2D eigenvalue weighted by Crippen LogP contribution is 2.24. The van der Waals surface area contributed by atoms with Crippen LogP contribution in [0.5, 0.6) is 0 Å². The smallest absolute Gasteiger partial charge is 0.295 e. The van der Waals surface area contributed by atoms with Crippen LogP contribution >= 0.6 is 15.9 Å². The van der Waals surface area contributed by atoms with Gasteiger partial charge in [0, 0.05) is 15.7 Å². The number of nitrogens with zero attached hydrogens (tertiary/aromatic N) is 3. The van der Waals surface area contributed by atoms with Crippen molar-refractivity contribution in [3.8, 4) is 17.1 Å². The van der Waals surface area contributed by atoms with Crippen LogP contribution in [0.4, 0.5) is 10.1 Å². The van der Waals surface area contributed by atoms with Crippen molar-refractivity contribution in [1.82, 2.24) is 14.8 Å². The number of rotatable bonds is 4. The minimum Gasteiger partial charge on any atom is -0.319 e. The average molecular weight is 487 g/mol. The first kappa shape index (κ1) is 20.1. The predicted molar refractivity (Wildman–Crippen MR) is 126 cm³/mol. The molecule has 0 saturated carbocycles. The Hall–Kier alpha value is -3.84. The van der Waals surface area contributed by atoms with Crippen LogP contribution < -0.4 is 5.32 Å². The third-order valence-corrected chi connectivity index (χ3v) is 5.52. The Morgan fingerprint density at radius 1 is 0.875 bits per heavy atom. The minimum atomic E-state index is -0.431. The SMILES string of the molecule is O=C(Nc1ccc2ccccc2c1)c1nc(-c2ccc(F)cc2)n(-c2ccc(Br)cc2)n1. The fraction of sp³-hybridized carbons (Fsp3) is 0. The molecule has 7 heteroatoms. The Morgan fingerprint density at radius 3 is 2.34 bits per heavy atom. The monoisotopic (exact) mass is 486 g/mol. The Morgan fingerprint density at radius 2 is 1.59 bits per heavy atom. The number of anilines is 1. The van der Waals surface area contributed by atoms with Crippen molar-refractivity contribution in [3.63, 3.8) is 0 Å². The molecule has 0 fully saturated rings. The number of carbonyl (C=O) groups is 1. The topological polar surface area (TPSA) is 59.8 Å². The van der Waals surface area contributed by atoms with Gasteiger partial charge in [0.15, 0.2) is 5.82 Å². The summed E-state index contributed by atoms with van der Waals surface area (Å²) in [4.78, 5) is 17.4. The van der Waals surface area contributed by atoms with Gasteiger partial charge in [-0.25, -0.2) is 14.1 Å². The average Bonchev–Trinajstić information content (AvgIpc) is 3.26. The van der Waals surface area contributed by atoms with Crippen molar-refractivity contribution < 1.29 is 9.18 Å². The summed E-state index contributed by atoms with van der Waals surface area (Å²) in [6.45, 7) is 0. The van der Waals surface area contributed by atoms with Crippen LogP contribution in [-0.4, -0.2) is 20.7 Å². The zero-order valence-electron chi connectivity index (χ0n) is 16.7. The standard InChI is InChI=1S/C25H16BrFN4O/c26-19-8-13-22(14-9-19)31-24(17-5-10-20(27)11-6-17)29-23(30-31)25(32)28-21-12-7-16-3-1-2-4-18(16)15-21/h1-15H,(H,28,32). The number of fused-ring (bicyclic) bond motifs is 1. The van der Waals surface area contributed by atoms with Gasteiger partial charge >= 0.3 is 0 Å². The van der Waals surface area contributed by atoms with E-state index in [1.165, 1.54) is 12.1 Å². The molecule has 0 aliphatic heterocycles. The number of benzene rings is 4. The molecule has 0 radical (unpaired) electrons. The van der Waals surface area contributed by atoms with E-state index >= 15 is 0 Å². The van der Waals surface area contributed by atoms with E-state index in [-0.39, 0.29) is 11.6 Å². The van der Waals surface area contributed by atoms with Gasteiger partial charge in [-0.1, -0.05) is 46.3 Å². The largest absolute Gasteiger partial charge is 0.319 e. The maximum atomic E-state index is 13.4. The van der Waals surface area contributed by atoms with E-state index in [2.05, 4.69) is 31.3 Å². The second-order valence-corrected chi connectivity index (χ2v) is 8.09. The number of halogens is 2. The van der Waals surface area contributed by atoms with E-state index < -0.39 is 5.91 Å². The van der Waals surface area contributed by atoms with Gasteiger partial charge in [-0.05, 0) is 71.4 Å². The summed E-state index contributed by atoms with van der Waals surface area (Å²) in [5, 5.41) is 9.42. The molecule has 5 nitrogen and oxygen atoms in total. The first-order valence-electron chi connectivity index (χ1n) is 9.86. The highest BCUT2D eigenvalue weighted by molar-refractivity contribution is 9.10. The number of amides is 1. The maximum Gasteiger partial charge on any atom is 0.295 e. The minimum absolute atomic E-state index is 0.0143. The normalized spacial score (nSPS) is 10.9. The van der Waals surface area contributed by atoms with Crippen molar-refractivity contribution >= 4 is 38.3 Å². The van der Waals surface area contributed by atoms with Crippen molar-refractivity contribution in [2.45, 2.75) is 0 Å². The van der Waals surface area contributed by atoms with Crippen molar-refractivity contribution in [2.75, 3.05) is 5.32 Å². The summed E-state index contributed by atoms with van der Waals surface area (Å²) < 4.78 is 15.9. The summed E-state index contributed by atoms with van der Waals surface area (Å²) >= 11 is 3.42. The van der Waals surface area contributed by atoms with Gasteiger partial charge in [0.2, 0.25) is 5.82 Å². The van der Waals surface area contributed by atoms with Crippen LogP contribution in [0.2, 0.25) is 0 Å². The molecule has 1 N–H and O–H groups in total. The highest BCUT2D eigenvalue weighted by atomic mass is 79.9. The molecule has 0 spiro atoms. The number of hydrogen-bond acceptors (Lipinski definition) is 3. The van der Waals surface area contributed by atoms with Gasteiger partial charge in [0.1, 0.15) is 5.82 Å². The van der Waals surface area contributed by atoms with Crippen LogP contribution in [0.25, 0.3) is 27.8 Å². The summed E-state index contributed by atoms with van der Waals surface area (Å²) in [5.74, 6) is -0.325. The molecule has 0 aliphatic rings. The molecule has 1 heterocycles. The molecule has 4 aromatic carbocycles. The lowest BCUT2D eigenvalue weighted by Crippen LogP contribution is -2.14. The van der Waals surface area contributed by atoms with Gasteiger partial charge in [-0.15, -0.1) is 5.10 Å². The van der Waals surface area contributed by atoms with E-state index in [9.17, 15) is 9.18 Å². The number of carbonyl (C=O) groups excluding carboxylic acids is 1. The van der Waals surface area contributed by atoms with E-state index in [0.717, 1.165) is 20.9 Å². The molecule has 0 bridgehead atoms. The summed E-state index contributed by atoms with van der Waals surface area (Å²) in [6.07, 6.45) is 0. The number of nitrogens with one attached hydrogen (secondary N) is 1. The molecule has 156 valence electrons. The summed E-state index contributed by atoms with van der Waals surface area (Å²) in [5.41, 5.74) is 2.02. The number of hydrogen-bond donors (Lipinski definition) is 1. The molecule has 0 atom stereocenters. The van der Waals surface area contributed by atoms with Gasteiger partial charge in [0.05, 0.1) is 5.69 Å². The molecule has 0 aliphatic carbocycles. The van der Waals surface area contributed by atoms with Crippen LogP contribution in [-0.2, 0) is 0 Å². The second kappa shape index (κ2) is 8.36. The van der Waals surface area contributed by atoms with Crippen molar-refractivity contribution in [1.29, 1.82) is 0 Å². The lowest BCUT2D eigenvalue weighted by atomic mass is 10.1. The van der Waals surface area contributed by atoms with Gasteiger partial charge < -0.3 is 5.32 Å². The Kier molecular flexibility index (Phi) is 5.25. The lowest BCUT2D eigenvalue weighted by Gasteiger charge is -2.06. The van der Waals surface area contributed by atoms with Gasteiger partial charge in [0.25, 0.3) is 5.91 Å². The first-order chi connectivity index (χ1) is 15.6. The third-order valence-electron chi connectivity index (χ3n) is 4.99. The molecule has 1 amide bonds. The van der Waals surface area contributed by atoms with Gasteiger partial charge in [-0.2, -0.15) is 0 Å². The fourth-order valence-corrected chi connectivity index (χ4v) is 3.67. The second-order valence-electron chi connectivity index (χ2n) is 7.17. The maximum absolute atomic E-state index is 13.4. The fourth-order valence-electron chi connectivity index (χ4n) is 3.41. The Bertz CT molecular complexity index is 1370. The molecule has 5 rings (SSSR count). The quantitative estimate of drug-likeness (QED) is 0.327. The van der Waals surface area contributed by atoms with E-state index in [1.54, 1.807) is 16.8 Å². The molecule has 1 aromatic heterocycles. The molecule has 0 saturated heterocycles. The van der Waals surface area contributed by atoms with Crippen LogP contribution in [0.3, 0.4) is 0 Å². The van der Waals surface area contributed by atoms with E-state index in [0.29, 0.717) is 17.1 Å². The van der Waals surface area contributed by atoms with Crippen LogP contribution in [0.1, 0.15) is 10.6 Å². The van der Waals surface area contributed by atoms with Gasteiger partial charge in [-0.3, -0.25) is 4.79 Å². The highest BCUT2D eigenvalue weighted by Gasteiger charge is 2.19. The lowest BCUT2D eigenvalue weighted by molar-refractivity contribution is 0.101. The first-order valence-corrected chi connectivity index (χ1v) is 10.7. The zero-order valence-corrected chi connectivity index (χ0v) is 18.3. The summed E-state index contributed by atoms with van der Waals surface area (Å²) in [7, 11) is 0. The van der Waals surface area contributed by atoms with Crippen LogP contribution in [0.15, 0.2) is 95.5 Å². The summed E-state index contributed by atoms with van der Waals surface area (Å²) in [6, 6.07) is 27.0. The molecule has 32 heavy (non-hydrogen) atoms. The van der Waals surface area contributed by atoms with Crippen molar-refractivity contribution in [2.24, 2.45) is 0 Å². The Labute approximate surface area is 191 Å². The third kappa shape index (κ3) is 4.02. The van der Waals surface area contributed by atoms with Crippen molar-refractivity contribution in [3.05, 3.63) is 107 Å². The Balaban J connectivity index is 1.52. The number of aromatic nitrogens is 3. The van der Waals surface area contributed by atoms with E-state index in [1.807, 2.05) is 66.7 Å². The van der Waals surface area contributed by atoms with E-state index in [4.69, 9.17) is 0 Å². The molecule has 0 unspecified atom stereocenters.